The summed E-state index contributed by atoms with van der Waals surface area (Å²) in [4.78, 5) is 17.1. The lowest BCUT2D eigenvalue weighted by Gasteiger charge is -2.10. The van der Waals surface area contributed by atoms with E-state index in [1.54, 1.807) is 29.2 Å². The number of unbranched alkanes of at least 4 members (excludes halogenated alkanes) is 1. The molecule has 126 valence electrons. The Hall–Kier alpha value is -0.930. The number of thiazole rings is 1. The summed E-state index contributed by atoms with van der Waals surface area (Å²) in [5.41, 5.74) is 6.12. The van der Waals surface area contributed by atoms with Gasteiger partial charge in [-0.1, -0.05) is 25.1 Å². The van der Waals surface area contributed by atoms with Crippen molar-refractivity contribution < 1.29 is 9.90 Å². The topological polar surface area (TPSA) is 88.2 Å². The maximum absolute atomic E-state index is 11.1. The average Bonchev–Trinajstić information content (AvgIpc) is 3.18. The van der Waals surface area contributed by atoms with E-state index >= 15 is 0 Å². The number of hydrogen-bond acceptors (Lipinski definition) is 7. The first kappa shape index (κ1) is 18.4. The van der Waals surface area contributed by atoms with Crippen molar-refractivity contribution in [2.24, 2.45) is 5.73 Å². The number of aliphatic hydroxyl groups is 1. The van der Waals surface area contributed by atoms with Crippen molar-refractivity contribution in [2.75, 3.05) is 18.8 Å². The van der Waals surface area contributed by atoms with Crippen molar-refractivity contribution in [1.29, 1.82) is 0 Å². The number of aliphatic hydroxyl groups excluding tert-OH is 1. The predicted octanol–water partition coefficient (Wildman–Crippen LogP) is 2.81. The fourth-order valence-corrected chi connectivity index (χ4v) is 4.51. The van der Waals surface area contributed by atoms with Crippen molar-refractivity contribution in [3.05, 3.63) is 22.4 Å². The molecular formula is C15H21N3O2S3. The van der Waals surface area contributed by atoms with Crippen LogP contribution in [0.5, 0.6) is 0 Å². The summed E-state index contributed by atoms with van der Waals surface area (Å²) < 4.78 is 0.918. The van der Waals surface area contributed by atoms with Crippen LogP contribution in [0.2, 0.25) is 0 Å². The Kier molecular flexibility index (Phi) is 7.51. The van der Waals surface area contributed by atoms with E-state index in [0.717, 1.165) is 34.3 Å². The molecule has 2 aromatic rings. The lowest BCUT2D eigenvalue weighted by atomic mass is 10.3. The van der Waals surface area contributed by atoms with Crippen LogP contribution in [0, 0.1) is 0 Å². The summed E-state index contributed by atoms with van der Waals surface area (Å²) in [6.45, 7) is 3.70. The highest BCUT2D eigenvalue weighted by molar-refractivity contribution is 8.01. The number of rotatable bonds is 10. The van der Waals surface area contributed by atoms with Gasteiger partial charge in [-0.2, -0.15) is 0 Å². The van der Waals surface area contributed by atoms with Crippen LogP contribution in [-0.4, -0.2) is 40.9 Å². The SMILES string of the molecule is CCCCNCC(O)CSc1nc(-c2ccc(C(N)=O)s2)cs1. The molecule has 8 heteroatoms. The Morgan fingerprint density at radius 3 is 3.04 bits per heavy atom. The van der Waals surface area contributed by atoms with E-state index in [4.69, 9.17) is 5.73 Å². The Morgan fingerprint density at radius 2 is 2.35 bits per heavy atom. The monoisotopic (exact) mass is 371 g/mol. The molecule has 0 radical (unpaired) electrons. The molecule has 1 atom stereocenters. The van der Waals surface area contributed by atoms with Crippen LogP contribution in [-0.2, 0) is 0 Å². The summed E-state index contributed by atoms with van der Waals surface area (Å²) in [5, 5.41) is 15.1. The number of thiophene rings is 1. The van der Waals surface area contributed by atoms with Crippen molar-refractivity contribution >= 4 is 40.3 Å². The molecule has 2 heterocycles. The number of nitrogens with one attached hydrogen (secondary N) is 1. The van der Waals surface area contributed by atoms with Crippen LogP contribution in [0.1, 0.15) is 29.4 Å². The second-order valence-electron chi connectivity index (χ2n) is 5.05. The third-order valence-electron chi connectivity index (χ3n) is 3.07. The van der Waals surface area contributed by atoms with E-state index in [0.29, 0.717) is 17.2 Å². The van der Waals surface area contributed by atoms with Crippen LogP contribution < -0.4 is 11.1 Å². The van der Waals surface area contributed by atoms with Gasteiger partial charge in [-0.3, -0.25) is 4.79 Å². The first-order valence-corrected chi connectivity index (χ1v) is 10.2. The van der Waals surface area contributed by atoms with Gasteiger partial charge in [0.1, 0.15) is 0 Å². The fourth-order valence-electron chi connectivity index (χ4n) is 1.84. The third-order valence-corrected chi connectivity index (χ3v) is 6.36. The van der Waals surface area contributed by atoms with E-state index < -0.39 is 5.91 Å². The second kappa shape index (κ2) is 9.39. The zero-order valence-corrected chi connectivity index (χ0v) is 15.4. The number of primary amides is 1. The third kappa shape index (κ3) is 5.89. The molecule has 2 aromatic heterocycles. The van der Waals surface area contributed by atoms with Gasteiger partial charge in [0.2, 0.25) is 0 Å². The number of aromatic nitrogens is 1. The minimum Gasteiger partial charge on any atom is -0.391 e. The van der Waals surface area contributed by atoms with Gasteiger partial charge in [-0.05, 0) is 25.1 Å². The van der Waals surface area contributed by atoms with Gasteiger partial charge >= 0.3 is 0 Å². The minimum atomic E-state index is -0.412. The van der Waals surface area contributed by atoms with Crippen molar-refractivity contribution in [1.82, 2.24) is 10.3 Å². The van der Waals surface area contributed by atoms with Gasteiger partial charge in [0, 0.05) is 17.7 Å². The zero-order valence-electron chi connectivity index (χ0n) is 12.9. The minimum absolute atomic E-state index is 0.382. The van der Waals surface area contributed by atoms with Crippen molar-refractivity contribution in [2.45, 2.75) is 30.2 Å². The summed E-state index contributed by atoms with van der Waals surface area (Å²) in [5.74, 6) is 0.202. The molecule has 1 unspecified atom stereocenters. The molecule has 5 nitrogen and oxygen atoms in total. The van der Waals surface area contributed by atoms with Gasteiger partial charge in [0.05, 0.1) is 21.6 Å². The van der Waals surface area contributed by atoms with Gasteiger partial charge in [0.25, 0.3) is 5.91 Å². The van der Waals surface area contributed by atoms with E-state index in [2.05, 4.69) is 17.2 Å². The summed E-state index contributed by atoms with van der Waals surface area (Å²) in [6.07, 6.45) is 1.90. The lowest BCUT2D eigenvalue weighted by Crippen LogP contribution is -2.29. The largest absolute Gasteiger partial charge is 0.391 e. The van der Waals surface area contributed by atoms with E-state index in [1.807, 2.05) is 11.4 Å². The first-order valence-electron chi connectivity index (χ1n) is 7.47. The lowest BCUT2D eigenvalue weighted by molar-refractivity contribution is 0.100. The van der Waals surface area contributed by atoms with Gasteiger partial charge in [-0.15, -0.1) is 22.7 Å². The van der Waals surface area contributed by atoms with Crippen LogP contribution in [0.4, 0.5) is 0 Å². The van der Waals surface area contributed by atoms with E-state index in [9.17, 15) is 9.90 Å². The number of amides is 1. The van der Waals surface area contributed by atoms with Crippen molar-refractivity contribution in [3.63, 3.8) is 0 Å². The Morgan fingerprint density at radius 1 is 1.52 bits per heavy atom. The Labute approximate surface area is 148 Å². The quantitative estimate of drug-likeness (QED) is 0.441. The second-order valence-corrected chi connectivity index (χ2v) is 8.26. The molecule has 2 rings (SSSR count). The highest BCUT2D eigenvalue weighted by atomic mass is 32.2. The first-order chi connectivity index (χ1) is 11.1. The zero-order chi connectivity index (χ0) is 16.7. The number of thioether (sulfide) groups is 1. The molecule has 0 saturated heterocycles. The van der Waals surface area contributed by atoms with Crippen molar-refractivity contribution in [3.8, 4) is 10.6 Å². The summed E-state index contributed by atoms with van der Waals surface area (Å²) in [7, 11) is 0. The van der Waals surface area contributed by atoms with E-state index in [-0.39, 0.29) is 6.10 Å². The molecule has 0 aromatic carbocycles. The van der Waals surface area contributed by atoms with Crippen LogP contribution in [0.3, 0.4) is 0 Å². The molecule has 0 aliphatic carbocycles. The number of carbonyl (C=O) groups is 1. The molecule has 0 fully saturated rings. The highest BCUT2D eigenvalue weighted by Gasteiger charge is 2.12. The highest BCUT2D eigenvalue weighted by Crippen LogP contribution is 2.32. The predicted molar refractivity (Wildman–Crippen MR) is 98.5 cm³/mol. The molecule has 23 heavy (non-hydrogen) atoms. The van der Waals surface area contributed by atoms with Gasteiger partial charge in [0.15, 0.2) is 4.34 Å². The standard InChI is InChI=1S/C15H21N3O2S3/c1-2-3-6-17-7-10(19)8-21-15-18-11(9-22-15)12-4-5-13(23-12)14(16)20/h4-5,9-10,17,19H,2-3,6-8H2,1H3,(H2,16,20). The van der Waals surface area contributed by atoms with Crippen LogP contribution >= 0.6 is 34.4 Å². The Balaban J connectivity index is 1.81. The molecular weight excluding hydrogens is 350 g/mol. The molecule has 0 saturated carbocycles. The number of carbonyl (C=O) groups excluding carboxylic acids is 1. The maximum Gasteiger partial charge on any atom is 0.258 e. The van der Waals surface area contributed by atoms with Gasteiger partial charge < -0.3 is 16.2 Å². The normalized spacial score (nSPS) is 12.4. The van der Waals surface area contributed by atoms with E-state index in [1.165, 1.54) is 11.3 Å². The van der Waals surface area contributed by atoms with Crippen LogP contribution in [0.15, 0.2) is 21.9 Å². The molecule has 0 aliphatic rings. The molecule has 4 N–H and O–H groups in total. The average molecular weight is 372 g/mol. The number of hydrogen-bond donors (Lipinski definition) is 3. The molecule has 0 bridgehead atoms. The summed E-state index contributed by atoms with van der Waals surface area (Å²) in [6, 6.07) is 3.58. The maximum atomic E-state index is 11.1. The Bertz CT molecular complexity index is 627. The number of nitrogens with two attached hydrogens (primary N) is 1. The molecule has 0 aliphatic heterocycles. The molecule has 0 spiro atoms. The van der Waals surface area contributed by atoms with Crippen LogP contribution in [0.25, 0.3) is 10.6 Å². The van der Waals surface area contributed by atoms with Gasteiger partial charge in [-0.25, -0.2) is 4.98 Å². The fraction of sp³-hybridized carbons (Fsp3) is 0.467. The smallest absolute Gasteiger partial charge is 0.258 e. The summed E-state index contributed by atoms with van der Waals surface area (Å²) >= 11 is 4.45. The molecule has 1 amide bonds. The number of nitrogens with zero attached hydrogens (tertiary/aromatic N) is 1.